The lowest BCUT2D eigenvalue weighted by Crippen LogP contribution is -2.38. The Hall–Kier alpha value is -0.350. The Labute approximate surface area is 125 Å². The summed E-state index contributed by atoms with van der Waals surface area (Å²) >= 11 is 5.81. The average Bonchev–Trinajstić information content (AvgIpc) is 2.36. The molecule has 0 radical (unpaired) electrons. The minimum atomic E-state index is -0.269. The standard InChI is InChI=1S/C14H20ClFN2.ClH/c1-17-8-11-4-3-7-18(9-11)10-12-5-2-6-13(15)14(12)16;/h2,5-6,11,17H,3-4,7-10H2,1H3;1H. The fourth-order valence-corrected chi connectivity index (χ4v) is 2.86. The van der Waals surface area contributed by atoms with Crippen molar-refractivity contribution in [3.8, 4) is 0 Å². The maximum absolute atomic E-state index is 13.8. The molecule has 1 unspecified atom stereocenters. The molecule has 1 aromatic carbocycles. The third-order valence-corrected chi connectivity index (χ3v) is 3.81. The van der Waals surface area contributed by atoms with Crippen LogP contribution in [0.3, 0.4) is 0 Å². The maximum Gasteiger partial charge on any atom is 0.146 e. The molecule has 0 spiro atoms. The molecule has 5 heteroatoms. The van der Waals surface area contributed by atoms with Crippen LogP contribution in [-0.2, 0) is 6.54 Å². The smallest absolute Gasteiger partial charge is 0.146 e. The number of nitrogens with one attached hydrogen (secondary N) is 1. The SMILES string of the molecule is CNCC1CCCN(Cc2cccc(Cl)c2F)C1.Cl. The lowest BCUT2D eigenvalue weighted by molar-refractivity contribution is 0.165. The summed E-state index contributed by atoms with van der Waals surface area (Å²) in [4.78, 5) is 2.32. The molecule has 0 aromatic heterocycles. The predicted octanol–water partition coefficient (Wildman–Crippen LogP) is 3.33. The molecule has 0 saturated carbocycles. The highest BCUT2D eigenvalue weighted by molar-refractivity contribution is 6.30. The molecule has 1 heterocycles. The number of hydrogen-bond acceptors (Lipinski definition) is 2. The van der Waals surface area contributed by atoms with Crippen molar-refractivity contribution < 1.29 is 4.39 Å². The second kappa shape index (κ2) is 8.05. The van der Waals surface area contributed by atoms with Gasteiger partial charge in [0.15, 0.2) is 0 Å². The van der Waals surface area contributed by atoms with Crippen molar-refractivity contribution in [2.45, 2.75) is 19.4 Å². The van der Waals surface area contributed by atoms with Gasteiger partial charge in [0.05, 0.1) is 5.02 Å². The molecule has 0 bridgehead atoms. The topological polar surface area (TPSA) is 15.3 Å². The van der Waals surface area contributed by atoms with Gasteiger partial charge in [0.25, 0.3) is 0 Å². The van der Waals surface area contributed by atoms with E-state index >= 15 is 0 Å². The number of rotatable bonds is 4. The largest absolute Gasteiger partial charge is 0.319 e. The van der Waals surface area contributed by atoms with E-state index in [0.717, 1.165) is 19.6 Å². The van der Waals surface area contributed by atoms with Gasteiger partial charge >= 0.3 is 0 Å². The van der Waals surface area contributed by atoms with Crippen LogP contribution in [0.4, 0.5) is 4.39 Å². The Balaban J connectivity index is 0.00000180. The molecule has 1 aliphatic heterocycles. The molecular weight excluding hydrogens is 286 g/mol. The van der Waals surface area contributed by atoms with Crippen molar-refractivity contribution in [1.29, 1.82) is 0 Å². The molecule has 19 heavy (non-hydrogen) atoms. The Morgan fingerprint density at radius 1 is 1.47 bits per heavy atom. The van der Waals surface area contributed by atoms with Crippen LogP contribution in [0.25, 0.3) is 0 Å². The molecular formula is C14H21Cl2FN2. The minimum absolute atomic E-state index is 0. The molecule has 108 valence electrons. The minimum Gasteiger partial charge on any atom is -0.319 e. The van der Waals surface area contributed by atoms with E-state index in [1.165, 1.54) is 12.8 Å². The van der Waals surface area contributed by atoms with Gasteiger partial charge in [0.1, 0.15) is 5.82 Å². The van der Waals surface area contributed by atoms with Gasteiger partial charge in [-0.3, -0.25) is 4.90 Å². The number of piperidine rings is 1. The Kier molecular flexibility index (Phi) is 7.08. The first-order valence-corrected chi connectivity index (χ1v) is 6.88. The lowest BCUT2D eigenvalue weighted by atomic mass is 9.97. The van der Waals surface area contributed by atoms with E-state index in [9.17, 15) is 4.39 Å². The van der Waals surface area contributed by atoms with Gasteiger partial charge in [-0.15, -0.1) is 12.4 Å². The van der Waals surface area contributed by atoms with Crippen molar-refractivity contribution >= 4 is 24.0 Å². The van der Waals surface area contributed by atoms with Gasteiger partial charge in [-0.05, 0) is 45.0 Å². The molecule has 2 nitrogen and oxygen atoms in total. The van der Waals surface area contributed by atoms with Crippen LogP contribution in [0.5, 0.6) is 0 Å². The molecule has 0 aliphatic carbocycles. The number of nitrogens with zero attached hydrogens (tertiary/aromatic N) is 1. The van der Waals surface area contributed by atoms with E-state index in [1.807, 2.05) is 19.2 Å². The molecule has 1 N–H and O–H groups in total. The number of halogens is 3. The quantitative estimate of drug-likeness (QED) is 0.918. The van der Waals surface area contributed by atoms with Gasteiger partial charge < -0.3 is 5.32 Å². The summed E-state index contributed by atoms with van der Waals surface area (Å²) in [6.45, 7) is 3.78. The van der Waals surface area contributed by atoms with Crippen LogP contribution in [0, 0.1) is 11.7 Å². The Morgan fingerprint density at radius 2 is 2.26 bits per heavy atom. The van der Waals surface area contributed by atoms with Crippen molar-refractivity contribution in [2.75, 3.05) is 26.7 Å². The van der Waals surface area contributed by atoms with Gasteiger partial charge in [-0.1, -0.05) is 23.7 Å². The maximum atomic E-state index is 13.8. The molecule has 1 fully saturated rings. The normalized spacial score (nSPS) is 20.1. The van der Waals surface area contributed by atoms with E-state index in [-0.39, 0.29) is 23.2 Å². The van der Waals surface area contributed by atoms with Crippen LogP contribution in [0.15, 0.2) is 18.2 Å². The number of hydrogen-bond donors (Lipinski definition) is 1. The number of benzene rings is 1. The highest BCUT2D eigenvalue weighted by Crippen LogP contribution is 2.22. The highest BCUT2D eigenvalue weighted by Gasteiger charge is 2.20. The zero-order valence-corrected chi connectivity index (χ0v) is 12.7. The number of likely N-dealkylation sites (tertiary alicyclic amines) is 1. The molecule has 1 aromatic rings. The first kappa shape index (κ1) is 16.7. The summed E-state index contributed by atoms with van der Waals surface area (Å²) < 4.78 is 13.8. The second-order valence-corrected chi connectivity index (χ2v) is 5.42. The van der Waals surface area contributed by atoms with Gasteiger partial charge in [-0.25, -0.2) is 4.39 Å². The van der Waals surface area contributed by atoms with Gasteiger partial charge in [0.2, 0.25) is 0 Å². The van der Waals surface area contributed by atoms with E-state index in [4.69, 9.17) is 11.6 Å². The van der Waals surface area contributed by atoms with Crippen LogP contribution in [0.2, 0.25) is 5.02 Å². The first-order chi connectivity index (χ1) is 8.70. The summed E-state index contributed by atoms with van der Waals surface area (Å²) in [7, 11) is 1.98. The fourth-order valence-electron chi connectivity index (χ4n) is 2.66. The summed E-state index contributed by atoms with van der Waals surface area (Å²) in [5, 5.41) is 3.44. The third kappa shape index (κ3) is 4.60. The third-order valence-electron chi connectivity index (χ3n) is 3.52. The highest BCUT2D eigenvalue weighted by atomic mass is 35.5. The second-order valence-electron chi connectivity index (χ2n) is 5.01. The van der Waals surface area contributed by atoms with E-state index in [1.54, 1.807) is 6.07 Å². The molecule has 2 rings (SSSR count). The van der Waals surface area contributed by atoms with Crippen LogP contribution in [0.1, 0.15) is 18.4 Å². The molecule has 1 aliphatic rings. The van der Waals surface area contributed by atoms with Crippen LogP contribution < -0.4 is 5.32 Å². The zero-order valence-electron chi connectivity index (χ0n) is 11.2. The van der Waals surface area contributed by atoms with Gasteiger partial charge in [-0.2, -0.15) is 0 Å². The van der Waals surface area contributed by atoms with E-state index in [0.29, 0.717) is 18.0 Å². The van der Waals surface area contributed by atoms with Crippen LogP contribution in [-0.4, -0.2) is 31.6 Å². The summed E-state index contributed by atoms with van der Waals surface area (Å²) in [6, 6.07) is 5.24. The fraction of sp³-hybridized carbons (Fsp3) is 0.571. The predicted molar refractivity (Wildman–Crippen MR) is 80.6 cm³/mol. The monoisotopic (exact) mass is 306 g/mol. The van der Waals surface area contributed by atoms with Crippen molar-refractivity contribution in [2.24, 2.45) is 5.92 Å². The Bertz CT molecular complexity index is 399. The lowest BCUT2D eigenvalue weighted by Gasteiger charge is -2.32. The van der Waals surface area contributed by atoms with Crippen LogP contribution >= 0.6 is 24.0 Å². The van der Waals surface area contributed by atoms with E-state index in [2.05, 4.69) is 10.2 Å². The Morgan fingerprint density at radius 3 is 3.00 bits per heavy atom. The average molecular weight is 307 g/mol. The van der Waals surface area contributed by atoms with Gasteiger partial charge in [0, 0.05) is 18.7 Å². The summed E-state index contributed by atoms with van der Waals surface area (Å²) in [5.74, 6) is 0.404. The molecule has 0 amide bonds. The van der Waals surface area contributed by atoms with Crippen molar-refractivity contribution in [1.82, 2.24) is 10.2 Å². The zero-order chi connectivity index (χ0) is 13.0. The van der Waals surface area contributed by atoms with Crippen molar-refractivity contribution in [3.05, 3.63) is 34.6 Å². The summed E-state index contributed by atoms with van der Waals surface area (Å²) in [5.41, 5.74) is 0.701. The van der Waals surface area contributed by atoms with E-state index < -0.39 is 0 Å². The summed E-state index contributed by atoms with van der Waals surface area (Å²) in [6.07, 6.45) is 2.45. The molecule has 1 saturated heterocycles. The van der Waals surface area contributed by atoms with Crippen molar-refractivity contribution in [3.63, 3.8) is 0 Å². The first-order valence-electron chi connectivity index (χ1n) is 6.50. The molecule has 1 atom stereocenters.